The molecule has 270 valence electrons. The van der Waals surface area contributed by atoms with E-state index in [1.807, 2.05) is 42.5 Å². The topological polar surface area (TPSA) is 86.9 Å². The summed E-state index contributed by atoms with van der Waals surface area (Å²) in [6.45, 7) is 4.59. The van der Waals surface area contributed by atoms with Crippen molar-refractivity contribution in [3.05, 3.63) is 174 Å². The van der Waals surface area contributed by atoms with Gasteiger partial charge in [0.15, 0.2) is 17.5 Å². The standard InChI is InChI=1S/C50H34N6S/c1-50(2)40-17-8-6-13-34(40)35-25-23-32(28-41(35)50)48-52-47(53-49(54-48)38-16-10-15-37-36-14-7-9-18-43(36)57-46(37)38)31-22-20-29-19-21-30-24-26-42(45(51)44(30)39(29)27-31)56-55-33-11-4-3-5-12-33/h3-28,51,55H,1-2H3/b51-45?,56-42-. The molecule has 57 heavy (non-hydrogen) atoms. The van der Waals surface area contributed by atoms with E-state index >= 15 is 0 Å². The fourth-order valence-electron chi connectivity index (χ4n) is 8.53. The highest BCUT2D eigenvalue weighted by atomic mass is 32.1. The van der Waals surface area contributed by atoms with E-state index < -0.39 is 0 Å². The number of aromatic nitrogens is 3. The number of hydrogen-bond acceptors (Lipinski definition) is 7. The number of fused-ring (bicyclic) bond motifs is 9. The third kappa shape index (κ3) is 5.34. The third-order valence-electron chi connectivity index (χ3n) is 11.4. The number of hydrogen-bond donors (Lipinski definition) is 2. The van der Waals surface area contributed by atoms with Gasteiger partial charge in [0.25, 0.3) is 0 Å². The molecule has 0 atom stereocenters. The maximum Gasteiger partial charge on any atom is 0.165 e. The molecule has 6 nitrogen and oxygen atoms in total. The molecule has 11 rings (SSSR count). The normalized spacial score (nSPS) is 14.6. The van der Waals surface area contributed by atoms with Crippen molar-refractivity contribution in [2.45, 2.75) is 19.3 Å². The number of rotatable bonds is 5. The highest BCUT2D eigenvalue weighted by Gasteiger charge is 2.35. The molecule has 7 aromatic carbocycles. The fraction of sp³-hybridized carbons (Fsp3) is 0.0600. The first-order valence-electron chi connectivity index (χ1n) is 19.1. The second kappa shape index (κ2) is 12.7. The largest absolute Gasteiger partial charge is 0.298 e. The lowest BCUT2D eigenvalue weighted by Gasteiger charge is -2.21. The van der Waals surface area contributed by atoms with Crippen LogP contribution in [-0.4, -0.2) is 26.4 Å². The number of thiophene rings is 1. The average molecular weight is 751 g/mol. The molecule has 0 amide bonds. The molecule has 9 aromatic rings. The van der Waals surface area contributed by atoms with Gasteiger partial charge in [0, 0.05) is 47.8 Å². The number of allylic oxidation sites excluding steroid dienone is 1. The van der Waals surface area contributed by atoms with Gasteiger partial charge in [-0.2, -0.15) is 5.10 Å². The quantitative estimate of drug-likeness (QED) is 0.172. The molecule has 0 unspecified atom stereocenters. The van der Waals surface area contributed by atoms with Crippen molar-refractivity contribution in [2.24, 2.45) is 5.10 Å². The SMILES string of the molecule is CC1(C)c2ccccc2-c2ccc(-c3nc(-c4ccc5ccc6c(c5c4)C(=N)/C(=N\Nc4ccccc4)C=C6)nc(-c4cccc5c4sc4ccccc45)n3)cc21. The molecule has 0 fully saturated rings. The first-order valence-corrected chi connectivity index (χ1v) is 19.9. The molecular weight excluding hydrogens is 717 g/mol. The van der Waals surface area contributed by atoms with Gasteiger partial charge in [0.2, 0.25) is 0 Å². The van der Waals surface area contributed by atoms with Gasteiger partial charge in [-0.05, 0) is 81.1 Å². The molecule has 0 spiro atoms. The van der Waals surface area contributed by atoms with Crippen molar-refractivity contribution in [2.75, 3.05) is 5.43 Å². The summed E-state index contributed by atoms with van der Waals surface area (Å²) in [6, 6.07) is 50.6. The van der Waals surface area contributed by atoms with Crippen LogP contribution in [0.25, 0.3) is 82.3 Å². The predicted octanol–water partition coefficient (Wildman–Crippen LogP) is 12.6. The molecular formula is C50H34N6S. The summed E-state index contributed by atoms with van der Waals surface area (Å²) in [6.07, 6.45) is 3.93. The number of benzene rings is 7. The van der Waals surface area contributed by atoms with E-state index in [9.17, 15) is 5.41 Å². The Kier molecular flexibility index (Phi) is 7.43. The van der Waals surface area contributed by atoms with Crippen LogP contribution in [0.4, 0.5) is 5.69 Å². The summed E-state index contributed by atoms with van der Waals surface area (Å²) in [7, 11) is 0. The maximum absolute atomic E-state index is 9.35. The molecule has 2 aromatic heterocycles. The van der Waals surface area contributed by atoms with Crippen LogP contribution in [0.5, 0.6) is 0 Å². The number of anilines is 1. The van der Waals surface area contributed by atoms with E-state index in [2.05, 4.69) is 140 Å². The van der Waals surface area contributed by atoms with Crippen LogP contribution >= 0.6 is 11.3 Å². The van der Waals surface area contributed by atoms with E-state index in [-0.39, 0.29) is 5.41 Å². The molecule has 2 aliphatic carbocycles. The fourth-order valence-corrected chi connectivity index (χ4v) is 9.74. The van der Waals surface area contributed by atoms with E-state index in [1.54, 1.807) is 11.3 Å². The lowest BCUT2D eigenvalue weighted by molar-refractivity contribution is 0.660. The van der Waals surface area contributed by atoms with E-state index in [0.717, 1.165) is 49.0 Å². The van der Waals surface area contributed by atoms with Crippen LogP contribution in [0, 0.1) is 5.41 Å². The van der Waals surface area contributed by atoms with Gasteiger partial charge >= 0.3 is 0 Å². The minimum Gasteiger partial charge on any atom is -0.298 e. The average Bonchev–Trinajstić information content (AvgIpc) is 3.75. The summed E-state index contributed by atoms with van der Waals surface area (Å²) in [4.78, 5) is 15.8. The lowest BCUT2D eigenvalue weighted by atomic mass is 9.82. The van der Waals surface area contributed by atoms with Gasteiger partial charge < -0.3 is 0 Å². The minimum absolute atomic E-state index is 0.168. The van der Waals surface area contributed by atoms with E-state index in [0.29, 0.717) is 28.9 Å². The van der Waals surface area contributed by atoms with Gasteiger partial charge in [0.1, 0.15) is 5.71 Å². The highest BCUT2D eigenvalue weighted by molar-refractivity contribution is 7.26. The summed E-state index contributed by atoms with van der Waals surface area (Å²) in [5.41, 5.74) is 14.4. The molecule has 0 aliphatic heterocycles. The number of hydrazone groups is 1. The number of para-hydroxylation sites is 1. The number of nitrogens with one attached hydrogen (secondary N) is 2. The van der Waals surface area contributed by atoms with Crippen LogP contribution in [0.3, 0.4) is 0 Å². The third-order valence-corrected chi connectivity index (χ3v) is 12.7. The Balaban J connectivity index is 1.09. The maximum atomic E-state index is 9.35. The van der Waals surface area contributed by atoms with E-state index in [1.165, 1.54) is 37.7 Å². The molecule has 7 heteroatoms. The molecule has 0 bridgehead atoms. The zero-order chi connectivity index (χ0) is 38.3. The predicted molar refractivity (Wildman–Crippen MR) is 237 cm³/mol. The zero-order valence-electron chi connectivity index (χ0n) is 31.2. The van der Waals surface area contributed by atoms with Crippen LogP contribution in [0.2, 0.25) is 0 Å². The Bertz CT molecular complexity index is 3210. The first kappa shape index (κ1) is 33.3. The second-order valence-corrected chi connectivity index (χ2v) is 16.2. The first-order chi connectivity index (χ1) is 27.9. The molecule has 2 N–H and O–H groups in total. The van der Waals surface area contributed by atoms with Crippen LogP contribution in [0.1, 0.15) is 36.1 Å². The van der Waals surface area contributed by atoms with Crippen molar-refractivity contribution in [1.29, 1.82) is 5.41 Å². The van der Waals surface area contributed by atoms with Gasteiger partial charge in [-0.3, -0.25) is 10.8 Å². The summed E-state index contributed by atoms with van der Waals surface area (Å²) < 4.78 is 2.38. The van der Waals surface area contributed by atoms with Crippen molar-refractivity contribution in [1.82, 2.24) is 15.0 Å². The lowest BCUT2D eigenvalue weighted by Crippen LogP contribution is -2.18. The monoisotopic (exact) mass is 750 g/mol. The Morgan fingerprint density at radius 3 is 2.14 bits per heavy atom. The van der Waals surface area contributed by atoms with Crippen molar-refractivity contribution >= 4 is 65.5 Å². The summed E-state index contributed by atoms with van der Waals surface area (Å²) in [5, 5.41) is 18.4. The molecule has 2 heterocycles. The van der Waals surface area contributed by atoms with Crippen LogP contribution in [-0.2, 0) is 5.41 Å². The van der Waals surface area contributed by atoms with E-state index in [4.69, 9.17) is 15.0 Å². The van der Waals surface area contributed by atoms with Gasteiger partial charge in [-0.25, -0.2) is 15.0 Å². The summed E-state index contributed by atoms with van der Waals surface area (Å²) in [5.74, 6) is 1.82. The summed E-state index contributed by atoms with van der Waals surface area (Å²) >= 11 is 1.77. The van der Waals surface area contributed by atoms with Gasteiger partial charge in [0.05, 0.1) is 11.4 Å². The molecule has 0 saturated carbocycles. The van der Waals surface area contributed by atoms with Gasteiger partial charge in [-0.1, -0.05) is 129 Å². The van der Waals surface area contributed by atoms with Crippen molar-refractivity contribution < 1.29 is 0 Å². The number of nitrogens with zero attached hydrogens (tertiary/aromatic N) is 4. The van der Waals surface area contributed by atoms with Crippen LogP contribution < -0.4 is 5.43 Å². The highest BCUT2D eigenvalue weighted by Crippen LogP contribution is 2.49. The second-order valence-electron chi connectivity index (χ2n) is 15.2. The Hall–Kier alpha value is -7.09. The molecule has 2 aliphatic rings. The molecule has 0 radical (unpaired) electrons. The van der Waals surface area contributed by atoms with Crippen LogP contribution in [0.15, 0.2) is 157 Å². The zero-order valence-corrected chi connectivity index (χ0v) is 32.0. The van der Waals surface area contributed by atoms with Crippen molar-refractivity contribution in [3.63, 3.8) is 0 Å². The van der Waals surface area contributed by atoms with Gasteiger partial charge in [-0.15, -0.1) is 11.3 Å². The Labute approximate surface area is 333 Å². The smallest absolute Gasteiger partial charge is 0.165 e. The van der Waals surface area contributed by atoms with Crippen molar-refractivity contribution in [3.8, 4) is 45.3 Å². The minimum atomic E-state index is -0.168. The Morgan fingerprint density at radius 2 is 1.26 bits per heavy atom. The Morgan fingerprint density at radius 1 is 0.579 bits per heavy atom. The molecule has 0 saturated heterocycles.